The highest BCUT2D eigenvalue weighted by Gasteiger charge is 2.62. The molecule has 5 atom stereocenters. The van der Waals surface area contributed by atoms with Gasteiger partial charge in [0.05, 0.1) is 18.3 Å². The molecule has 1 aromatic rings. The van der Waals surface area contributed by atoms with Gasteiger partial charge in [-0.1, -0.05) is 24.8 Å². The molecule has 2 heterocycles. The number of fused-ring (bicyclic) bond motifs is 1. The Morgan fingerprint density at radius 1 is 1.02 bits per heavy atom. The van der Waals surface area contributed by atoms with E-state index in [1.54, 1.807) is 6.07 Å². The van der Waals surface area contributed by atoms with E-state index in [0.717, 1.165) is 23.8 Å². The number of nitrogens with one attached hydrogen (secondary N) is 4. The third kappa shape index (κ3) is 8.31. The van der Waals surface area contributed by atoms with E-state index in [1.807, 2.05) is 0 Å². The Labute approximate surface area is 305 Å². The molecule has 0 radical (unpaired) electrons. The molecule has 1 aromatic carbocycles. The maximum absolute atomic E-state index is 14.4. The van der Waals surface area contributed by atoms with Gasteiger partial charge in [-0.05, 0) is 62.7 Å². The number of nitrogens with zero attached hydrogens (tertiary/aromatic N) is 2. The summed E-state index contributed by atoms with van der Waals surface area (Å²) in [4.78, 5) is 82.4. The molecule has 3 aliphatic carbocycles. The molecule has 16 nitrogen and oxygen atoms in total. The number of amides is 6. The van der Waals surface area contributed by atoms with Gasteiger partial charge < -0.3 is 30.3 Å². The van der Waals surface area contributed by atoms with Crippen LogP contribution < -0.4 is 20.7 Å². The average Bonchev–Trinajstić information content (AvgIpc) is 3.92. The Hall–Kier alpha value is -5.00. The largest absolute Gasteiger partial charge is 0.446 e. The number of rotatable bonds is 13. The predicted octanol–water partition coefficient (Wildman–Crippen LogP) is 1.26. The molecule has 53 heavy (non-hydrogen) atoms. The summed E-state index contributed by atoms with van der Waals surface area (Å²) in [6, 6.07) is 1.68. The fraction of sp³-hybridized carbons (Fsp3) is 0.543. The van der Waals surface area contributed by atoms with Crippen molar-refractivity contribution >= 4 is 45.8 Å². The molecule has 0 bridgehead atoms. The molecule has 3 saturated carbocycles. The van der Waals surface area contributed by atoms with E-state index in [4.69, 9.17) is 9.47 Å². The second-order valence-corrected chi connectivity index (χ2v) is 16.1. The molecule has 4 N–H and O–H groups in total. The molecule has 5 aliphatic rings. The van der Waals surface area contributed by atoms with Gasteiger partial charge in [0.2, 0.25) is 27.7 Å². The Kier molecular flexibility index (Phi) is 10.8. The fourth-order valence-electron chi connectivity index (χ4n) is 7.13. The second kappa shape index (κ2) is 15.2. The minimum Gasteiger partial charge on any atom is -0.446 e. The molecular weight excluding hydrogens is 715 g/mol. The number of ether oxygens (including phenoxy) is 2. The van der Waals surface area contributed by atoms with Crippen molar-refractivity contribution in [2.75, 3.05) is 13.1 Å². The minimum absolute atomic E-state index is 0.0458. The summed E-state index contributed by atoms with van der Waals surface area (Å²) in [5, 5.41) is 6.89. The van der Waals surface area contributed by atoms with Crippen LogP contribution >= 0.6 is 0 Å². The van der Waals surface area contributed by atoms with Gasteiger partial charge in [-0.25, -0.2) is 22.4 Å². The van der Waals surface area contributed by atoms with Gasteiger partial charge in [0.25, 0.3) is 5.91 Å². The zero-order valence-corrected chi connectivity index (χ0v) is 29.8. The Morgan fingerprint density at radius 3 is 2.40 bits per heavy atom. The fourth-order valence-corrected chi connectivity index (χ4v) is 8.49. The van der Waals surface area contributed by atoms with Gasteiger partial charge in [-0.2, -0.15) is 0 Å². The summed E-state index contributed by atoms with van der Waals surface area (Å²) in [6.45, 7) is 6.37. The molecule has 1 saturated heterocycles. The summed E-state index contributed by atoms with van der Waals surface area (Å²) in [7, 11) is -3.97. The number of hydrogen-bond acceptors (Lipinski definition) is 10. The first-order chi connectivity index (χ1) is 25.2. The maximum atomic E-state index is 14.4. The van der Waals surface area contributed by atoms with E-state index in [9.17, 15) is 41.6 Å². The van der Waals surface area contributed by atoms with Crippen LogP contribution in [0.1, 0.15) is 62.5 Å². The third-order valence-electron chi connectivity index (χ3n) is 10.4. The van der Waals surface area contributed by atoms with Crippen molar-refractivity contribution in [2.24, 2.45) is 5.92 Å². The zero-order valence-electron chi connectivity index (χ0n) is 29.0. The molecule has 0 aromatic heterocycles. The first-order valence-corrected chi connectivity index (χ1v) is 19.2. The summed E-state index contributed by atoms with van der Waals surface area (Å²) in [5.41, 5.74) is -0.717. The summed E-state index contributed by atoms with van der Waals surface area (Å²) in [5.74, 6) is -4.36. The van der Waals surface area contributed by atoms with E-state index in [2.05, 4.69) is 33.8 Å². The van der Waals surface area contributed by atoms with E-state index in [1.165, 1.54) is 23.1 Å². The van der Waals surface area contributed by atoms with Crippen molar-refractivity contribution in [1.29, 1.82) is 0 Å². The lowest BCUT2D eigenvalue weighted by Crippen LogP contribution is -2.59. The van der Waals surface area contributed by atoms with Crippen LogP contribution in [-0.4, -0.2) is 102 Å². The topological polar surface area (TPSA) is 210 Å². The standard InChI is InChI=1S/C35H43FN6O10S/c1-3-21-15-35(21,32(46)40-53(49,50)24-12-13-24)39-30(44)28-14-23(52-34(48)41-17-20-8-7-11-26(36)25(20)19-41)18-42(28)31(45)27(16-37-29(43)4-2)38-33(47)51-22-9-5-6-10-22/h3-4,7-8,11,21-24,27-28H,1-2,5-6,9-10,12-19H2,(H,37,43)(H,38,47)(H,39,44)(H,40,46). The van der Waals surface area contributed by atoms with Crippen LogP contribution in [0.4, 0.5) is 14.0 Å². The highest BCUT2D eigenvalue weighted by Crippen LogP contribution is 2.45. The molecule has 5 unspecified atom stereocenters. The van der Waals surface area contributed by atoms with Crippen LogP contribution in [0, 0.1) is 11.7 Å². The third-order valence-corrected chi connectivity index (χ3v) is 12.2. The van der Waals surface area contributed by atoms with E-state index >= 15 is 0 Å². The zero-order chi connectivity index (χ0) is 38.1. The first-order valence-electron chi connectivity index (χ1n) is 17.6. The van der Waals surface area contributed by atoms with Crippen molar-refractivity contribution in [2.45, 2.75) is 99.5 Å². The summed E-state index contributed by atoms with van der Waals surface area (Å²) < 4.78 is 53.0. The normalized spacial score (nSPS) is 25.4. The molecule has 286 valence electrons. The van der Waals surface area contributed by atoms with Crippen LogP contribution in [0.5, 0.6) is 0 Å². The Bertz CT molecular complexity index is 1820. The molecule has 4 fully saturated rings. The van der Waals surface area contributed by atoms with Crippen LogP contribution in [0.2, 0.25) is 0 Å². The van der Waals surface area contributed by atoms with E-state index in [0.29, 0.717) is 36.8 Å². The van der Waals surface area contributed by atoms with Crippen LogP contribution in [0.3, 0.4) is 0 Å². The van der Waals surface area contributed by atoms with Crippen molar-refractivity contribution < 1.29 is 51.0 Å². The van der Waals surface area contributed by atoms with Gasteiger partial charge in [0.1, 0.15) is 35.6 Å². The number of alkyl carbamates (subject to hydrolysis) is 1. The van der Waals surface area contributed by atoms with Crippen LogP contribution in [-0.2, 0) is 51.8 Å². The highest BCUT2D eigenvalue weighted by atomic mass is 32.2. The van der Waals surface area contributed by atoms with Crippen molar-refractivity contribution in [3.05, 3.63) is 60.5 Å². The lowest BCUT2D eigenvalue weighted by atomic mass is 10.1. The van der Waals surface area contributed by atoms with Gasteiger partial charge in [-0.3, -0.25) is 28.8 Å². The smallest absolute Gasteiger partial charge is 0.410 e. The molecule has 18 heteroatoms. The number of hydrogen-bond donors (Lipinski definition) is 4. The van der Waals surface area contributed by atoms with Gasteiger partial charge in [0.15, 0.2) is 0 Å². The van der Waals surface area contributed by atoms with Gasteiger partial charge in [0, 0.05) is 31.0 Å². The van der Waals surface area contributed by atoms with Gasteiger partial charge >= 0.3 is 12.2 Å². The number of carbonyl (C=O) groups is 6. The highest BCUT2D eigenvalue weighted by molar-refractivity contribution is 7.91. The SMILES string of the molecule is C=CC(=O)NCC(NC(=O)OC1CCCC1)C(=O)N1CC(OC(=O)N2Cc3cccc(F)c3C2)CC1C(=O)NC1(C(=O)NS(=O)(=O)C2CC2)CC1C=C. The Morgan fingerprint density at radius 2 is 1.75 bits per heavy atom. The predicted molar refractivity (Wildman–Crippen MR) is 184 cm³/mol. The minimum atomic E-state index is -3.97. The van der Waals surface area contributed by atoms with Crippen molar-refractivity contribution in [1.82, 2.24) is 30.5 Å². The average molecular weight is 759 g/mol. The number of benzene rings is 1. The van der Waals surface area contributed by atoms with Gasteiger partial charge in [-0.15, -0.1) is 6.58 Å². The molecule has 2 aliphatic heterocycles. The Balaban J connectivity index is 1.22. The van der Waals surface area contributed by atoms with Crippen molar-refractivity contribution in [3.63, 3.8) is 0 Å². The van der Waals surface area contributed by atoms with Crippen LogP contribution in [0.25, 0.3) is 0 Å². The second-order valence-electron chi connectivity index (χ2n) is 14.1. The monoisotopic (exact) mass is 758 g/mol. The number of sulfonamides is 1. The number of likely N-dealkylation sites (tertiary alicyclic amines) is 1. The lowest BCUT2D eigenvalue weighted by Gasteiger charge is -2.30. The molecule has 6 rings (SSSR count). The van der Waals surface area contributed by atoms with Crippen LogP contribution in [0.15, 0.2) is 43.5 Å². The van der Waals surface area contributed by atoms with Crippen molar-refractivity contribution in [3.8, 4) is 0 Å². The first kappa shape index (κ1) is 37.7. The number of carbonyl (C=O) groups excluding carboxylic acids is 6. The van der Waals surface area contributed by atoms with E-state index in [-0.39, 0.29) is 38.6 Å². The summed E-state index contributed by atoms with van der Waals surface area (Å²) in [6.07, 6.45) is 2.90. The molecule has 0 spiro atoms. The lowest BCUT2D eigenvalue weighted by molar-refractivity contribution is -0.141. The number of halogens is 1. The molecular formula is C35H43FN6O10S. The van der Waals surface area contributed by atoms with E-state index < -0.39 is 93.1 Å². The quantitative estimate of drug-likeness (QED) is 0.167. The summed E-state index contributed by atoms with van der Waals surface area (Å²) >= 11 is 0. The molecule has 6 amide bonds. The maximum Gasteiger partial charge on any atom is 0.410 e.